The average molecular weight is 339 g/mol. The second kappa shape index (κ2) is 7.10. The molecule has 0 radical (unpaired) electrons. The van der Waals surface area contributed by atoms with Crippen molar-refractivity contribution in [3.63, 3.8) is 0 Å². The normalized spacial score (nSPS) is 19.7. The smallest absolute Gasteiger partial charge is 0.234 e. The molecule has 1 spiro atoms. The number of rotatable bonds is 5. The van der Waals surface area contributed by atoms with Gasteiger partial charge in [0.05, 0.1) is 25.3 Å². The van der Waals surface area contributed by atoms with Crippen molar-refractivity contribution in [3.8, 4) is 0 Å². The standard InChI is InChI=1S/C20H25N3O2/c24-18(14-23-12-13-25-15-20(23)8-3-9-20)21-11-7-17-5-1-4-16-6-2-10-22-19(16)17/h1-2,4-6,10H,3,7-9,11-15H2,(H,21,24). The zero-order chi connectivity index (χ0) is 17.1. The van der Waals surface area contributed by atoms with Crippen LogP contribution in [0.2, 0.25) is 0 Å². The number of carbonyl (C=O) groups excluding carboxylic acids is 1. The molecule has 0 unspecified atom stereocenters. The first-order valence-corrected chi connectivity index (χ1v) is 9.19. The molecule has 2 fully saturated rings. The molecule has 1 aromatic carbocycles. The van der Waals surface area contributed by atoms with Crippen molar-refractivity contribution in [2.24, 2.45) is 0 Å². The summed E-state index contributed by atoms with van der Waals surface area (Å²) in [6.45, 7) is 3.50. The molecular weight excluding hydrogens is 314 g/mol. The van der Waals surface area contributed by atoms with Gasteiger partial charge in [-0.25, -0.2) is 0 Å². The Bertz CT molecular complexity index is 752. The fourth-order valence-electron chi connectivity index (χ4n) is 3.99. The Morgan fingerprint density at radius 2 is 2.16 bits per heavy atom. The molecule has 1 saturated carbocycles. The molecule has 1 aliphatic carbocycles. The summed E-state index contributed by atoms with van der Waals surface area (Å²) >= 11 is 0. The van der Waals surface area contributed by atoms with E-state index in [-0.39, 0.29) is 11.4 Å². The van der Waals surface area contributed by atoms with Gasteiger partial charge in [0.2, 0.25) is 5.91 Å². The van der Waals surface area contributed by atoms with Gasteiger partial charge in [0.25, 0.3) is 0 Å². The first-order valence-electron chi connectivity index (χ1n) is 9.19. The van der Waals surface area contributed by atoms with Gasteiger partial charge in [-0.05, 0) is 37.3 Å². The quantitative estimate of drug-likeness (QED) is 0.907. The maximum absolute atomic E-state index is 12.4. The maximum atomic E-state index is 12.4. The number of nitrogens with one attached hydrogen (secondary N) is 1. The average Bonchev–Trinajstić information content (AvgIpc) is 2.61. The van der Waals surface area contributed by atoms with Gasteiger partial charge in [-0.3, -0.25) is 14.7 Å². The second-order valence-electron chi connectivity index (χ2n) is 7.14. The number of carbonyl (C=O) groups is 1. The lowest BCUT2D eigenvalue weighted by molar-refractivity contribution is -0.135. The number of benzene rings is 1. The van der Waals surface area contributed by atoms with E-state index in [0.29, 0.717) is 13.1 Å². The molecule has 2 aromatic rings. The Labute approximate surface area is 148 Å². The van der Waals surface area contributed by atoms with Crippen molar-refractivity contribution in [2.75, 3.05) is 32.8 Å². The summed E-state index contributed by atoms with van der Waals surface area (Å²) in [5, 5.41) is 4.22. The molecule has 5 heteroatoms. The Morgan fingerprint density at radius 3 is 3.00 bits per heavy atom. The summed E-state index contributed by atoms with van der Waals surface area (Å²) in [7, 11) is 0. The van der Waals surface area contributed by atoms with E-state index in [2.05, 4.69) is 39.5 Å². The number of nitrogens with zero attached hydrogens (tertiary/aromatic N) is 2. The van der Waals surface area contributed by atoms with Crippen LogP contribution in [0, 0.1) is 0 Å². The number of pyridine rings is 1. The van der Waals surface area contributed by atoms with Gasteiger partial charge in [-0.15, -0.1) is 0 Å². The zero-order valence-corrected chi connectivity index (χ0v) is 14.5. The fraction of sp³-hybridized carbons (Fsp3) is 0.500. The monoisotopic (exact) mass is 339 g/mol. The van der Waals surface area contributed by atoms with E-state index in [1.807, 2.05) is 12.3 Å². The Hall–Kier alpha value is -1.98. The van der Waals surface area contributed by atoms with E-state index in [9.17, 15) is 4.79 Å². The summed E-state index contributed by atoms with van der Waals surface area (Å²) in [5.41, 5.74) is 2.34. The van der Waals surface area contributed by atoms with Gasteiger partial charge >= 0.3 is 0 Å². The van der Waals surface area contributed by atoms with Crippen molar-refractivity contribution in [1.82, 2.24) is 15.2 Å². The first-order chi connectivity index (χ1) is 12.3. The maximum Gasteiger partial charge on any atom is 0.234 e. The summed E-state index contributed by atoms with van der Waals surface area (Å²) in [4.78, 5) is 19.2. The largest absolute Gasteiger partial charge is 0.378 e. The highest BCUT2D eigenvalue weighted by molar-refractivity contribution is 5.82. The van der Waals surface area contributed by atoms with Gasteiger partial charge in [0, 0.05) is 30.2 Å². The third-order valence-corrected chi connectivity index (χ3v) is 5.60. The van der Waals surface area contributed by atoms with E-state index in [1.165, 1.54) is 12.0 Å². The minimum Gasteiger partial charge on any atom is -0.378 e. The van der Waals surface area contributed by atoms with Crippen LogP contribution in [-0.4, -0.2) is 54.2 Å². The van der Waals surface area contributed by atoms with E-state index in [1.54, 1.807) is 0 Å². The number of morpholine rings is 1. The zero-order valence-electron chi connectivity index (χ0n) is 14.5. The summed E-state index contributed by atoms with van der Waals surface area (Å²) < 4.78 is 5.64. The SMILES string of the molecule is O=C(CN1CCOCC12CCC2)NCCc1cccc2cccnc12. The molecule has 2 aliphatic rings. The molecule has 1 N–H and O–H groups in total. The minimum atomic E-state index is 0.112. The first kappa shape index (κ1) is 16.5. The molecule has 25 heavy (non-hydrogen) atoms. The highest BCUT2D eigenvalue weighted by atomic mass is 16.5. The molecule has 1 aromatic heterocycles. The van der Waals surface area contributed by atoms with E-state index >= 15 is 0 Å². The molecule has 5 nitrogen and oxygen atoms in total. The van der Waals surface area contributed by atoms with Gasteiger partial charge < -0.3 is 10.1 Å². The van der Waals surface area contributed by atoms with Crippen molar-refractivity contribution in [3.05, 3.63) is 42.1 Å². The topological polar surface area (TPSA) is 54.5 Å². The van der Waals surface area contributed by atoms with Crippen LogP contribution < -0.4 is 5.32 Å². The molecule has 1 saturated heterocycles. The predicted molar refractivity (Wildman–Crippen MR) is 97.4 cm³/mol. The molecule has 132 valence electrons. The number of para-hydroxylation sites is 1. The molecule has 4 rings (SSSR count). The summed E-state index contributed by atoms with van der Waals surface area (Å²) in [6.07, 6.45) is 6.18. The van der Waals surface area contributed by atoms with Crippen molar-refractivity contribution in [2.45, 2.75) is 31.2 Å². The van der Waals surface area contributed by atoms with Crippen LogP contribution in [-0.2, 0) is 16.0 Å². The van der Waals surface area contributed by atoms with E-state index < -0.39 is 0 Å². The summed E-state index contributed by atoms with van der Waals surface area (Å²) in [6, 6.07) is 10.2. The van der Waals surface area contributed by atoms with Crippen molar-refractivity contribution in [1.29, 1.82) is 0 Å². The highest BCUT2D eigenvalue weighted by Crippen LogP contribution is 2.39. The molecule has 1 aliphatic heterocycles. The van der Waals surface area contributed by atoms with Gasteiger partial charge in [-0.1, -0.05) is 24.3 Å². The Kier molecular flexibility index (Phi) is 4.68. The third-order valence-electron chi connectivity index (χ3n) is 5.60. The number of aromatic nitrogens is 1. The molecule has 0 atom stereocenters. The molecule has 0 bridgehead atoms. The van der Waals surface area contributed by atoms with Crippen LogP contribution in [0.15, 0.2) is 36.5 Å². The minimum absolute atomic E-state index is 0.112. The molecule has 1 amide bonds. The number of amides is 1. The van der Waals surface area contributed by atoms with Crippen molar-refractivity contribution < 1.29 is 9.53 Å². The van der Waals surface area contributed by atoms with Crippen LogP contribution in [0.3, 0.4) is 0 Å². The lowest BCUT2D eigenvalue weighted by atomic mass is 9.75. The number of fused-ring (bicyclic) bond motifs is 1. The van der Waals surface area contributed by atoms with E-state index in [0.717, 1.165) is 49.9 Å². The lowest BCUT2D eigenvalue weighted by Crippen LogP contribution is -2.62. The number of hydrogen-bond acceptors (Lipinski definition) is 4. The molecule has 2 heterocycles. The van der Waals surface area contributed by atoms with Crippen LogP contribution >= 0.6 is 0 Å². The molecular formula is C20H25N3O2. The van der Waals surface area contributed by atoms with Gasteiger partial charge in [0.15, 0.2) is 0 Å². The lowest BCUT2D eigenvalue weighted by Gasteiger charge is -2.52. The van der Waals surface area contributed by atoms with Crippen LogP contribution in [0.5, 0.6) is 0 Å². The van der Waals surface area contributed by atoms with Gasteiger partial charge in [-0.2, -0.15) is 0 Å². The van der Waals surface area contributed by atoms with Crippen LogP contribution in [0.1, 0.15) is 24.8 Å². The van der Waals surface area contributed by atoms with Gasteiger partial charge in [0.1, 0.15) is 0 Å². The Balaban J connectivity index is 1.31. The highest BCUT2D eigenvalue weighted by Gasteiger charge is 2.45. The number of hydrogen-bond donors (Lipinski definition) is 1. The summed E-state index contributed by atoms with van der Waals surface area (Å²) in [5.74, 6) is 0.112. The van der Waals surface area contributed by atoms with E-state index in [4.69, 9.17) is 4.74 Å². The number of ether oxygens (including phenoxy) is 1. The Morgan fingerprint density at radius 1 is 1.28 bits per heavy atom. The fourth-order valence-corrected chi connectivity index (χ4v) is 3.99. The van der Waals surface area contributed by atoms with Crippen LogP contribution in [0.4, 0.5) is 0 Å². The van der Waals surface area contributed by atoms with Crippen LogP contribution in [0.25, 0.3) is 10.9 Å². The van der Waals surface area contributed by atoms with Crippen molar-refractivity contribution >= 4 is 16.8 Å². The predicted octanol–water partition coefficient (Wildman–Crippen LogP) is 2.15. The second-order valence-corrected chi connectivity index (χ2v) is 7.14. The third kappa shape index (κ3) is 3.39.